The fraction of sp³-hybridized carbons (Fsp3) is 0.231. The monoisotopic (exact) mass is 262 g/mol. The molecule has 0 N–H and O–H groups in total. The van der Waals surface area contributed by atoms with Gasteiger partial charge in [-0.2, -0.15) is 5.10 Å². The van der Waals surface area contributed by atoms with Gasteiger partial charge in [0, 0.05) is 17.4 Å². The summed E-state index contributed by atoms with van der Waals surface area (Å²) in [6, 6.07) is 6.43. The number of hydrogen-bond acceptors (Lipinski definition) is 3. The number of rotatable bonds is 1. The van der Waals surface area contributed by atoms with Crippen LogP contribution in [0.2, 0.25) is 5.02 Å². The van der Waals surface area contributed by atoms with Crippen molar-refractivity contribution >= 4 is 17.4 Å². The van der Waals surface area contributed by atoms with Crippen molar-refractivity contribution in [3.05, 3.63) is 47.2 Å². The van der Waals surface area contributed by atoms with Gasteiger partial charge in [-0.15, -0.1) is 0 Å². The Kier molecular flexibility index (Phi) is 2.59. The van der Waals surface area contributed by atoms with E-state index in [4.69, 9.17) is 16.3 Å². The summed E-state index contributed by atoms with van der Waals surface area (Å²) in [5.74, 6) is 0.565. The number of aromatic nitrogens is 2. The molecule has 0 radical (unpaired) electrons. The summed E-state index contributed by atoms with van der Waals surface area (Å²) in [6.07, 6.45) is 3.15. The summed E-state index contributed by atoms with van der Waals surface area (Å²) in [7, 11) is 0. The molecular formula is C13H11ClN2O2. The molecular weight excluding hydrogens is 252 g/mol. The van der Waals surface area contributed by atoms with E-state index >= 15 is 0 Å². The number of hydrogen-bond donors (Lipinski definition) is 0. The Morgan fingerprint density at radius 2 is 2.28 bits per heavy atom. The fourth-order valence-electron chi connectivity index (χ4n) is 2.22. The summed E-state index contributed by atoms with van der Waals surface area (Å²) in [6.45, 7) is 1.86. The van der Waals surface area contributed by atoms with Crippen molar-refractivity contribution in [2.45, 2.75) is 19.1 Å². The highest BCUT2D eigenvalue weighted by atomic mass is 35.5. The summed E-state index contributed by atoms with van der Waals surface area (Å²) in [5.41, 5.74) is 0.515. The van der Waals surface area contributed by atoms with Gasteiger partial charge in [-0.1, -0.05) is 11.6 Å². The zero-order chi connectivity index (χ0) is 12.7. The van der Waals surface area contributed by atoms with E-state index in [0.717, 1.165) is 0 Å². The Morgan fingerprint density at radius 1 is 1.44 bits per heavy atom. The number of nitrogens with zero attached hydrogens (tertiary/aromatic N) is 2. The molecule has 0 fully saturated rings. The topological polar surface area (TPSA) is 44.1 Å². The Morgan fingerprint density at radius 3 is 3.00 bits per heavy atom. The van der Waals surface area contributed by atoms with Gasteiger partial charge in [0.1, 0.15) is 11.9 Å². The van der Waals surface area contributed by atoms with Crippen LogP contribution in [-0.2, 0) is 0 Å². The molecule has 2 unspecified atom stereocenters. The molecule has 1 aromatic heterocycles. The van der Waals surface area contributed by atoms with E-state index in [1.807, 2.05) is 6.92 Å². The molecule has 0 spiro atoms. The van der Waals surface area contributed by atoms with E-state index < -0.39 is 6.04 Å². The van der Waals surface area contributed by atoms with Crippen LogP contribution in [0.3, 0.4) is 0 Å². The van der Waals surface area contributed by atoms with Gasteiger partial charge >= 0.3 is 0 Å². The standard InChI is InChI=1S/C13H11ClN2O2/c1-8-12(16-6-2-5-15-16)13(17)10-7-9(14)3-4-11(10)18-8/h2-8,12H,1H3. The van der Waals surface area contributed by atoms with Crippen molar-refractivity contribution in [3.63, 3.8) is 0 Å². The lowest BCUT2D eigenvalue weighted by molar-refractivity contribution is 0.0697. The molecule has 92 valence electrons. The van der Waals surface area contributed by atoms with Crippen molar-refractivity contribution in [1.82, 2.24) is 9.78 Å². The third-order valence-electron chi connectivity index (χ3n) is 3.04. The molecule has 2 aromatic rings. The highest BCUT2D eigenvalue weighted by Gasteiger charge is 2.36. The zero-order valence-electron chi connectivity index (χ0n) is 9.71. The van der Waals surface area contributed by atoms with Crippen LogP contribution in [0.5, 0.6) is 5.75 Å². The Balaban J connectivity index is 2.08. The second-order valence-electron chi connectivity index (χ2n) is 4.26. The van der Waals surface area contributed by atoms with E-state index in [2.05, 4.69) is 5.10 Å². The first kappa shape index (κ1) is 11.3. The molecule has 1 aliphatic heterocycles. The minimum atomic E-state index is -0.439. The number of carbonyl (C=O) groups excluding carboxylic acids is 1. The molecule has 1 aromatic carbocycles. The van der Waals surface area contributed by atoms with Crippen LogP contribution < -0.4 is 4.74 Å². The molecule has 0 amide bonds. The van der Waals surface area contributed by atoms with Gasteiger partial charge < -0.3 is 4.74 Å². The van der Waals surface area contributed by atoms with Crippen LogP contribution in [-0.4, -0.2) is 21.7 Å². The summed E-state index contributed by atoms with van der Waals surface area (Å²) < 4.78 is 7.38. The minimum Gasteiger partial charge on any atom is -0.487 e. The van der Waals surface area contributed by atoms with E-state index in [1.165, 1.54) is 0 Å². The number of carbonyl (C=O) groups is 1. The maximum atomic E-state index is 12.5. The van der Waals surface area contributed by atoms with Crippen LogP contribution >= 0.6 is 11.6 Å². The predicted octanol–water partition coefficient (Wildman–Crippen LogP) is 2.74. The van der Waals surface area contributed by atoms with Crippen LogP contribution in [0, 0.1) is 0 Å². The lowest BCUT2D eigenvalue weighted by atomic mass is 9.96. The molecule has 0 saturated carbocycles. The smallest absolute Gasteiger partial charge is 0.194 e. The first-order valence-electron chi connectivity index (χ1n) is 5.66. The number of benzene rings is 1. The van der Waals surface area contributed by atoms with Crippen molar-refractivity contribution in [2.75, 3.05) is 0 Å². The maximum absolute atomic E-state index is 12.5. The molecule has 4 nitrogen and oxygen atoms in total. The van der Waals surface area contributed by atoms with Crippen LogP contribution in [0.25, 0.3) is 0 Å². The Hall–Kier alpha value is -1.81. The molecule has 5 heteroatoms. The normalized spacial score (nSPS) is 22.4. The predicted molar refractivity (Wildman–Crippen MR) is 67.1 cm³/mol. The van der Waals surface area contributed by atoms with Gasteiger partial charge in [-0.25, -0.2) is 0 Å². The molecule has 1 aliphatic rings. The van der Waals surface area contributed by atoms with Gasteiger partial charge in [0.2, 0.25) is 0 Å². The minimum absolute atomic E-state index is 0.0186. The maximum Gasteiger partial charge on any atom is 0.194 e. The van der Waals surface area contributed by atoms with E-state index in [-0.39, 0.29) is 11.9 Å². The van der Waals surface area contributed by atoms with Gasteiger partial charge in [0.15, 0.2) is 11.8 Å². The summed E-state index contributed by atoms with van der Waals surface area (Å²) in [5, 5.41) is 4.65. The first-order chi connectivity index (χ1) is 8.66. The number of fused-ring (bicyclic) bond motifs is 1. The quantitative estimate of drug-likeness (QED) is 0.794. The Labute approximate surface area is 109 Å². The van der Waals surface area contributed by atoms with Crippen molar-refractivity contribution < 1.29 is 9.53 Å². The third-order valence-corrected chi connectivity index (χ3v) is 3.28. The van der Waals surface area contributed by atoms with Crippen molar-refractivity contribution in [2.24, 2.45) is 0 Å². The average molecular weight is 263 g/mol. The lowest BCUT2D eigenvalue weighted by Crippen LogP contribution is -2.37. The number of ether oxygens (including phenoxy) is 1. The largest absolute Gasteiger partial charge is 0.487 e. The van der Waals surface area contributed by atoms with Crippen molar-refractivity contribution in [3.8, 4) is 5.75 Å². The highest BCUT2D eigenvalue weighted by molar-refractivity contribution is 6.31. The van der Waals surface area contributed by atoms with E-state index in [1.54, 1.807) is 41.3 Å². The van der Waals surface area contributed by atoms with Crippen LogP contribution in [0.15, 0.2) is 36.7 Å². The lowest BCUT2D eigenvalue weighted by Gasteiger charge is -2.30. The molecule has 3 rings (SSSR count). The fourth-order valence-corrected chi connectivity index (χ4v) is 2.39. The van der Waals surface area contributed by atoms with Gasteiger partial charge in [0.05, 0.1) is 5.56 Å². The highest BCUT2D eigenvalue weighted by Crippen LogP contribution is 2.34. The summed E-state index contributed by atoms with van der Waals surface area (Å²) >= 11 is 5.92. The number of halogens is 1. The Bertz CT molecular complexity index is 595. The molecule has 0 bridgehead atoms. The molecule has 0 aliphatic carbocycles. The average Bonchev–Trinajstić information content (AvgIpc) is 2.84. The van der Waals surface area contributed by atoms with E-state index in [9.17, 15) is 4.79 Å². The second kappa shape index (κ2) is 4.14. The van der Waals surface area contributed by atoms with Crippen molar-refractivity contribution in [1.29, 1.82) is 0 Å². The first-order valence-corrected chi connectivity index (χ1v) is 6.04. The SMILES string of the molecule is CC1Oc2ccc(Cl)cc2C(=O)C1n1cccn1. The number of Topliss-reactive ketones (excluding diaryl/α,β-unsaturated/α-hetero) is 1. The van der Waals surface area contributed by atoms with Crippen LogP contribution in [0.4, 0.5) is 0 Å². The summed E-state index contributed by atoms with van der Waals surface area (Å²) in [4.78, 5) is 12.5. The second-order valence-corrected chi connectivity index (χ2v) is 4.70. The third kappa shape index (κ3) is 1.69. The number of ketones is 1. The van der Waals surface area contributed by atoms with Crippen LogP contribution in [0.1, 0.15) is 23.3 Å². The van der Waals surface area contributed by atoms with Gasteiger partial charge in [0.25, 0.3) is 0 Å². The molecule has 18 heavy (non-hydrogen) atoms. The molecule has 2 atom stereocenters. The molecule has 0 saturated heterocycles. The zero-order valence-corrected chi connectivity index (χ0v) is 10.5. The van der Waals surface area contributed by atoms with Gasteiger partial charge in [-0.05, 0) is 31.2 Å². The molecule has 2 heterocycles. The van der Waals surface area contributed by atoms with Gasteiger partial charge in [-0.3, -0.25) is 9.48 Å². The van der Waals surface area contributed by atoms with E-state index in [0.29, 0.717) is 16.3 Å².